The summed E-state index contributed by atoms with van der Waals surface area (Å²) in [5.41, 5.74) is 1.38. The quantitative estimate of drug-likeness (QED) is 0.718. The summed E-state index contributed by atoms with van der Waals surface area (Å²) >= 11 is 0. The van der Waals surface area contributed by atoms with E-state index in [0.29, 0.717) is 6.54 Å². The van der Waals surface area contributed by atoms with Crippen molar-refractivity contribution in [1.82, 2.24) is 14.7 Å². The fourth-order valence-corrected chi connectivity index (χ4v) is 1.82. The summed E-state index contributed by atoms with van der Waals surface area (Å²) in [5, 5.41) is 12.7. The van der Waals surface area contributed by atoms with Gasteiger partial charge < -0.3 is 10.0 Å². The molecule has 16 heavy (non-hydrogen) atoms. The number of nitrogens with zero attached hydrogens (tertiary/aromatic N) is 3. The molecule has 0 saturated heterocycles. The van der Waals surface area contributed by atoms with Crippen LogP contribution in [0.4, 0.5) is 0 Å². The molecule has 0 aromatic carbocycles. The number of aromatic nitrogens is 2. The van der Waals surface area contributed by atoms with Crippen molar-refractivity contribution in [3.05, 3.63) is 27.7 Å². The van der Waals surface area contributed by atoms with Gasteiger partial charge >= 0.3 is 5.97 Å². The molecule has 2 heterocycles. The third-order valence-electron chi connectivity index (χ3n) is 2.62. The predicted octanol–water partition coefficient (Wildman–Crippen LogP) is -0.684. The molecule has 0 unspecified atom stereocenters. The van der Waals surface area contributed by atoms with Gasteiger partial charge in [0.2, 0.25) is 0 Å². The molecule has 0 fully saturated rings. The molecular weight excluding hydrogens is 210 g/mol. The fraction of sp³-hybridized carbons (Fsp3) is 0.500. The standard InChI is InChI=1S/C10H13N3O3/c1-12-3-2-8-7(5-12)4-9(14)13(11-8)6-10(15)16/h4H,2-3,5-6H2,1H3,(H,15,16). The number of hydrogen-bond donors (Lipinski definition) is 1. The molecule has 2 rings (SSSR count). The number of carbonyl (C=O) groups is 1. The summed E-state index contributed by atoms with van der Waals surface area (Å²) < 4.78 is 1.01. The third-order valence-corrected chi connectivity index (χ3v) is 2.62. The van der Waals surface area contributed by atoms with E-state index in [4.69, 9.17) is 5.11 Å². The highest BCUT2D eigenvalue weighted by Crippen LogP contribution is 2.12. The van der Waals surface area contributed by atoms with Crippen molar-refractivity contribution in [2.24, 2.45) is 0 Å². The lowest BCUT2D eigenvalue weighted by Crippen LogP contribution is -2.34. The molecule has 0 saturated carbocycles. The van der Waals surface area contributed by atoms with Gasteiger partial charge in [-0.05, 0) is 12.6 Å². The van der Waals surface area contributed by atoms with E-state index in [1.54, 1.807) is 0 Å². The van der Waals surface area contributed by atoms with Crippen molar-refractivity contribution in [1.29, 1.82) is 0 Å². The minimum Gasteiger partial charge on any atom is -0.480 e. The van der Waals surface area contributed by atoms with E-state index in [-0.39, 0.29) is 12.1 Å². The molecule has 0 aliphatic carbocycles. The molecule has 1 aromatic heterocycles. The minimum atomic E-state index is -1.05. The Morgan fingerprint density at radius 1 is 1.62 bits per heavy atom. The lowest BCUT2D eigenvalue weighted by Gasteiger charge is -2.24. The predicted molar refractivity (Wildman–Crippen MR) is 56.2 cm³/mol. The Balaban J connectivity index is 2.38. The van der Waals surface area contributed by atoms with Crippen LogP contribution in [0, 0.1) is 0 Å². The van der Waals surface area contributed by atoms with Gasteiger partial charge in [0.1, 0.15) is 6.54 Å². The summed E-state index contributed by atoms with van der Waals surface area (Å²) in [6.07, 6.45) is 0.756. The van der Waals surface area contributed by atoms with Crippen molar-refractivity contribution in [2.45, 2.75) is 19.5 Å². The smallest absolute Gasteiger partial charge is 0.325 e. The number of carboxylic acids is 1. The summed E-state index contributed by atoms with van der Waals surface area (Å²) in [7, 11) is 1.98. The highest BCUT2D eigenvalue weighted by atomic mass is 16.4. The lowest BCUT2D eigenvalue weighted by molar-refractivity contribution is -0.138. The van der Waals surface area contributed by atoms with Crippen molar-refractivity contribution in [3.63, 3.8) is 0 Å². The average molecular weight is 223 g/mol. The first-order valence-electron chi connectivity index (χ1n) is 5.06. The van der Waals surface area contributed by atoms with Crippen molar-refractivity contribution in [3.8, 4) is 0 Å². The molecule has 1 aromatic rings. The van der Waals surface area contributed by atoms with Crippen LogP contribution in [-0.2, 0) is 24.3 Å². The van der Waals surface area contributed by atoms with Gasteiger partial charge in [-0.25, -0.2) is 4.68 Å². The molecule has 1 aliphatic heterocycles. The number of fused-ring (bicyclic) bond motifs is 1. The Labute approximate surface area is 92.1 Å². The summed E-state index contributed by atoms with van der Waals surface area (Å²) in [6.45, 7) is 1.21. The lowest BCUT2D eigenvalue weighted by atomic mass is 10.1. The average Bonchev–Trinajstić information content (AvgIpc) is 2.19. The van der Waals surface area contributed by atoms with Gasteiger partial charge in [0.05, 0.1) is 5.69 Å². The van der Waals surface area contributed by atoms with Crippen LogP contribution in [-0.4, -0.2) is 39.3 Å². The van der Waals surface area contributed by atoms with Crippen molar-refractivity contribution >= 4 is 5.97 Å². The van der Waals surface area contributed by atoms with Crippen LogP contribution >= 0.6 is 0 Å². The first kappa shape index (κ1) is 10.8. The molecule has 6 nitrogen and oxygen atoms in total. The summed E-state index contributed by atoms with van der Waals surface area (Å²) in [6, 6.07) is 1.49. The van der Waals surface area contributed by atoms with Crippen LogP contribution in [0.3, 0.4) is 0 Å². The van der Waals surface area contributed by atoms with Crippen LogP contribution in [0.1, 0.15) is 11.3 Å². The zero-order valence-corrected chi connectivity index (χ0v) is 9.01. The Hall–Kier alpha value is -1.69. The molecule has 0 atom stereocenters. The number of aliphatic carboxylic acids is 1. The zero-order valence-electron chi connectivity index (χ0n) is 9.01. The highest BCUT2D eigenvalue weighted by molar-refractivity contribution is 5.66. The van der Waals surface area contributed by atoms with E-state index >= 15 is 0 Å². The van der Waals surface area contributed by atoms with Crippen LogP contribution in [0.25, 0.3) is 0 Å². The Bertz CT molecular complexity index is 481. The second-order valence-electron chi connectivity index (χ2n) is 3.99. The fourth-order valence-electron chi connectivity index (χ4n) is 1.82. The maximum atomic E-state index is 11.6. The second kappa shape index (κ2) is 4.05. The van der Waals surface area contributed by atoms with E-state index < -0.39 is 5.97 Å². The molecule has 0 radical (unpaired) electrons. The van der Waals surface area contributed by atoms with Crippen LogP contribution in [0.5, 0.6) is 0 Å². The number of hydrogen-bond acceptors (Lipinski definition) is 4. The van der Waals surface area contributed by atoms with E-state index in [1.807, 2.05) is 7.05 Å². The van der Waals surface area contributed by atoms with E-state index in [1.165, 1.54) is 6.07 Å². The van der Waals surface area contributed by atoms with Crippen molar-refractivity contribution < 1.29 is 9.90 Å². The molecule has 0 bridgehead atoms. The van der Waals surface area contributed by atoms with Gasteiger partial charge in [-0.15, -0.1) is 0 Å². The first-order chi connectivity index (χ1) is 7.56. The van der Waals surface area contributed by atoms with E-state index in [9.17, 15) is 9.59 Å². The van der Waals surface area contributed by atoms with Crippen molar-refractivity contribution in [2.75, 3.05) is 13.6 Å². The number of carboxylic acid groups (broad SMARTS) is 1. The summed E-state index contributed by atoms with van der Waals surface area (Å²) in [5.74, 6) is -1.05. The number of rotatable bonds is 2. The van der Waals surface area contributed by atoms with Crippen LogP contribution in [0.2, 0.25) is 0 Å². The molecule has 0 spiro atoms. The molecular formula is C10H13N3O3. The third kappa shape index (κ3) is 2.11. The maximum absolute atomic E-state index is 11.6. The zero-order chi connectivity index (χ0) is 11.7. The molecule has 86 valence electrons. The second-order valence-corrected chi connectivity index (χ2v) is 3.99. The SMILES string of the molecule is CN1CCc2nn(CC(=O)O)c(=O)cc2C1. The van der Waals surface area contributed by atoms with Gasteiger partial charge in [-0.3, -0.25) is 9.59 Å². The topological polar surface area (TPSA) is 75.4 Å². The normalized spacial score (nSPS) is 15.8. The first-order valence-corrected chi connectivity index (χ1v) is 5.06. The molecule has 1 N–H and O–H groups in total. The Morgan fingerprint density at radius 2 is 2.38 bits per heavy atom. The maximum Gasteiger partial charge on any atom is 0.325 e. The van der Waals surface area contributed by atoms with Gasteiger partial charge in [0, 0.05) is 25.6 Å². The highest BCUT2D eigenvalue weighted by Gasteiger charge is 2.16. The van der Waals surface area contributed by atoms with E-state index in [2.05, 4.69) is 10.00 Å². The molecule has 1 aliphatic rings. The largest absolute Gasteiger partial charge is 0.480 e. The van der Waals surface area contributed by atoms with Gasteiger partial charge in [-0.1, -0.05) is 0 Å². The monoisotopic (exact) mass is 223 g/mol. The molecule has 6 heteroatoms. The Morgan fingerprint density at radius 3 is 3.06 bits per heavy atom. The summed E-state index contributed by atoms with van der Waals surface area (Å²) in [4.78, 5) is 24.2. The van der Waals surface area contributed by atoms with E-state index in [0.717, 1.165) is 28.9 Å². The minimum absolute atomic E-state index is 0.351. The van der Waals surface area contributed by atoms with Crippen LogP contribution < -0.4 is 5.56 Å². The van der Waals surface area contributed by atoms with Gasteiger partial charge in [-0.2, -0.15) is 5.10 Å². The molecule has 0 amide bonds. The Kier molecular flexibility index (Phi) is 2.74. The number of likely N-dealkylation sites (N-methyl/N-ethyl adjacent to an activating group) is 1. The van der Waals surface area contributed by atoms with Crippen LogP contribution in [0.15, 0.2) is 10.9 Å². The van der Waals surface area contributed by atoms with Gasteiger partial charge in [0.15, 0.2) is 0 Å². The van der Waals surface area contributed by atoms with Gasteiger partial charge in [0.25, 0.3) is 5.56 Å².